The van der Waals surface area contributed by atoms with Crippen LogP contribution in [-0.4, -0.2) is 28.5 Å². The number of piperidine rings is 1. The first-order chi connectivity index (χ1) is 11.1. The van der Waals surface area contributed by atoms with Gasteiger partial charge in [-0.05, 0) is 44.0 Å². The number of carbonyl (C=O) groups excluding carboxylic acids is 1. The van der Waals surface area contributed by atoms with Crippen LogP contribution >= 0.6 is 24.8 Å². The van der Waals surface area contributed by atoms with Crippen molar-refractivity contribution in [3.05, 3.63) is 47.8 Å². The molecule has 2 N–H and O–H groups in total. The summed E-state index contributed by atoms with van der Waals surface area (Å²) < 4.78 is 16.0. The van der Waals surface area contributed by atoms with Crippen LogP contribution < -0.4 is 10.6 Å². The van der Waals surface area contributed by atoms with Crippen molar-refractivity contribution in [1.29, 1.82) is 0 Å². The molecule has 2 heterocycles. The Morgan fingerprint density at radius 3 is 2.84 bits per heavy atom. The first kappa shape index (κ1) is 21.4. The van der Waals surface area contributed by atoms with Gasteiger partial charge in [0.1, 0.15) is 11.6 Å². The standard InChI is InChI=1S/C17H21FN4O.2ClH/c1-12-20-7-8-22(12)16-5-4-13(9-15(16)18)10-21-17(23)14-3-2-6-19-11-14;;/h4-5,7-9,14,19H,2-3,6,10-11H2,1H3,(H,21,23);2*1H. The summed E-state index contributed by atoms with van der Waals surface area (Å²) in [5.74, 6) is 0.459. The highest BCUT2D eigenvalue weighted by molar-refractivity contribution is 5.85. The lowest BCUT2D eigenvalue weighted by molar-refractivity contribution is -0.125. The maximum atomic E-state index is 14.3. The van der Waals surface area contributed by atoms with Crippen LogP contribution in [0.2, 0.25) is 0 Å². The van der Waals surface area contributed by atoms with Gasteiger partial charge in [-0.3, -0.25) is 4.79 Å². The Bertz CT molecular complexity index is 702. The number of rotatable bonds is 4. The normalized spacial score (nSPS) is 16.5. The van der Waals surface area contributed by atoms with Crippen molar-refractivity contribution in [3.8, 4) is 5.69 Å². The van der Waals surface area contributed by atoms with Gasteiger partial charge in [-0.15, -0.1) is 24.8 Å². The molecule has 0 radical (unpaired) electrons. The quantitative estimate of drug-likeness (QED) is 0.846. The molecule has 1 aromatic carbocycles. The van der Waals surface area contributed by atoms with E-state index in [1.165, 1.54) is 6.07 Å². The number of benzene rings is 1. The van der Waals surface area contributed by atoms with Gasteiger partial charge in [-0.2, -0.15) is 0 Å². The third-order valence-electron chi connectivity index (χ3n) is 4.23. The molecule has 1 amide bonds. The van der Waals surface area contributed by atoms with Gasteiger partial charge in [0.2, 0.25) is 5.91 Å². The smallest absolute Gasteiger partial charge is 0.224 e. The van der Waals surface area contributed by atoms with E-state index in [1.54, 1.807) is 23.0 Å². The molecular weight excluding hydrogens is 366 g/mol. The Hall–Kier alpha value is -1.63. The fourth-order valence-corrected chi connectivity index (χ4v) is 2.90. The van der Waals surface area contributed by atoms with Crippen LogP contribution in [0, 0.1) is 18.7 Å². The van der Waals surface area contributed by atoms with Gasteiger partial charge < -0.3 is 15.2 Å². The van der Waals surface area contributed by atoms with Crippen molar-refractivity contribution >= 4 is 30.7 Å². The van der Waals surface area contributed by atoms with Crippen LogP contribution in [0.5, 0.6) is 0 Å². The highest BCUT2D eigenvalue weighted by Gasteiger charge is 2.20. The number of imidazole rings is 1. The largest absolute Gasteiger partial charge is 0.352 e. The molecule has 1 fully saturated rings. The number of halogens is 3. The predicted molar refractivity (Wildman–Crippen MR) is 100 cm³/mol. The highest BCUT2D eigenvalue weighted by atomic mass is 35.5. The SMILES string of the molecule is Cc1nccn1-c1ccc(CNC(=O)C2CCCNC2)cc1F.Cl.Cl. The Morgan fingerprint density at radius 2 is 2.24 bits per heavy atom. The number of hydrogen-bond donors (Lipinski definition) is 2. The van der Waals surface area contributed by atoms with Gasteiger partial charge in [0, 0.05) is 25.5 Å². The third-order valence-corrected chi connectivity index (χ3v) is 4.23. The van der Waals surface area contributed by atoms with Crippen molar-refractivity contribution < 1.29 is 9.18 Å². The van der Waals surface area contributed by atoms with Crippen LogP contribution in [0.1, 0.15) is 24.2 Å². The van der Waals surface area contributed by atoms with E-state index in [2.05, 4.69) is 15.6 Å². The van der Waals surface area contributed by atoms with E-state index in [1.807, 2.05) is 13.0 Å². The zero-order chi connectivity index (χ0) is 16.2. The maximum absolute atomic E-state index is 14.3. The molecule has 1 aliphatic rings. The summed E-state index contributed by atoms with van der Waals surface area (Å²) >= 11 is 0. The van der Waals surface area contributed by atoms with Gasteiger partial charge >= 0.3 is 0 Å². The fraction of sp³-hybridized carbons (Fsp3) is 0.412. The summed E-state index contributed by atoms with van der Waals surface area (Å²) in [7, 11) is 0. The molecule has 8 heteroatoms. The minimum atomic E-state index is -0.322. The van der Waals surface area contributed by atoms with Gasteiger partial charge in [0.05, 0.1) is 11.6 Å². The summed E-state index contributed by atoms with van der Waals surface area (Å²) in [4.78, 5) is 16.2. The van der Waals surface area contributed by atoms with Crippen molar-refractivity contribution in [1.82, 2.24) is 20.2 Å². The minimum absolute atomic E-state index is 0. The van der Waals surface area contributed by atoms with Crippen molar-refractivity contribution in [3.63, 3.8) is 0 Å². The third kappa shape index (κ3) is 5.17. The number of nitrogens with zero attached hydrogens (tertiary/aromatic N) is 2. The van der Waals surface area contributed by atoms with E-state index in [-0.39, 0.29) is 42.5 Å². The van der Waals surface area contributed by atoms with Gasteiger partial charge in [0.15, 0.2) is 0 Å². The molecule has 2 aromatic rings. The first-order valence-electron chi connectivity index (χ1n) is 7.92. The monoisotopic (exact) mass is 388 g/mol. The molecule has 1 aromatic heterocycles. The predicted octanol–water partition coefficient (Wildman–Crippen LogP) is 2.78. The topological polar surface area (TPSA) is 59.0 Å². The number of amides is 1. The second-order valence-corrected chi connectivity index (χ2v) is 5.89. The van der Waals surface area contributed by atoms with Crippen molar-refractivity contribution in [2.45, 2.75) is 26.3 Å². The second kappa shape index (κ2) is 9.75. The Morgan fingerprint density at radius 1 is 1.44 bits per heavy atom. The molecule has 1 aliphatic heterocycles. The van der Waals surface area contributed by atoms with Crippen molar-refractivity contribution in [2.24, 2.45) is 5.92 Å². The van der Waals surface area contributed by atoms with Crippen LogP contribution in [0.25, 0.3) is 5.69 Å². The van der Waals surface area contributed by atoms with E-state index in [9.17, 15) is 9.18 Å². The van der Waals surface area contributed by atoms with Gasteiger partial charge in [-0.1, -0.05) is 6.07 Å². The Kier molecular flexibility index (Phi) is 8.35. The lowest BCUT2D eigenvalue weighted by atomic mass is 9.99. The second-order valence-electron chi connectivity index (χ2n) is 5.89. The molecule has 25 heavy (non-hydrogen) atoms. The lowest BCUT2D eigenvalue weighted by Crippen LogP contribution is -2.40. The number of hydrogen-bond acceptors (Lipinski definition) is 3. The fourth-order valence-electron chi connectivity index (χ4n) is 2.90. The number of nitrogens with one attached hydrogen (secondary N) is 2. The number of aromatic nitrogens is 2. The number of carbonyl (C=O) groups is 1. The number of aryl methyl sites for hydroxylation is 1. The molecule has 3 rings (SSSR count). The van der Waals surface area contributed by atoms with E-state index in [0.717, 1.165) is 37.3 Å². The average molecular weight is 389 g/mol. The molecule has 0 bridgehead atoms. The van der Waals surface area contributed by atoms with Crippen molar-refractivity contribution in [2.75, 3.05) is 13.1 Å². The lowest BCUT2D eigenvalue weighted by Gasteiger charge is -2.21. The van der Waals surface area contributed by atoms with Crippen LogP contribution in [0.3, 0.4) is 0 Å². The molecule has 0 saturated carbocycles. The van der Waals surface area contributed by atoms with E-state index in [0.29, 0.717) is 12.2 Å². The molecule has 1 atom stereocenters. The van der Waals surface area contributed by atoms with Crippen LogP contribution in [0.15, 0.2) is 30.6 Å². The molecule has 5 nitrogen and oxygen atoms in total. The maximum Gasteiger partial charge on any atom is 0.224 e. The molecule has 138 valence electrons. The van der Waals surface area contributed by atoms with Crippen LogP contribution in [0.4, 0.5) is 4.39 Å². The zero-order valence-electron chi connectivity index (χ0n) is 14.0. The molecule has 1 unspecified atom stereocenters. The summed E-state index contributed by atoms with van der Waals surface area (Å²) in [6.45, 7) is 3.87. The summed E-state index contributed by atoms with van der Waals surface area (Å²) in [6.07, 6.45) is 5.30. The zero-order valence-corrected chi connectivity index (χ0v) is 15.6. The molecule has 0 spiro atoms. The van der Waals surface area contributed by atoms with E-state index < -0.39 is 0 Å². The molecule has 0 aliphatic carbocycles. The highest BCUT2D eigenvalue weighted by Crippen LogP contribution is 2.17. The van der Waals surface area contributed by atoms with Gasteiger partial charge in [0.25, 0.3) is 0 Å². The molecular formula is C17H23Cl2FN4O. The van der Waals surface area contributed by atoms with E-state index >= 15 is 0 Å². The summed E-state index contributed by atoms with van der Waals surface area (Å²) in [5, 5.41) is 6.12. The molecule has 1 saturated heterocycles. The van der Waals surface area contributed by atoms with Gasteiger partial charge in [-0.25, -0.2) is 9.37 Å². The minimum Gasteiger partial charge on any atom is -0.352 e. The summed E-state index contributed by atoms with van der Waals surface area (Å²) in [5.41, 5.74) is 1.22. The van der Waals surface area contributed by atoms with E-state index in [4.69, 9.17) is 0 Å². The Labute approximate surface area is 159 Å². The van der Waals surface area contributed by atoms with Crippen LogP contribution in [-0.2, 0) is 11.3 Å². The summed E-state index contributed by atoms with van der Waals surface area (Å²) in [6, 6.07) is 5.01. The first-order valence-corrected chi connectivity index (χ1v) is 7.92. The average Bonchev–Trinajstić information content (AvgIpc) is 2.99. The Balaban J connectivity index is 0.00000156.